The topological polar surface area (TPSA) is 26.6 Å². The van der Waals surface area contributed by atoms with Gasteiger partial charge >= 0.3 is 0 Å². The van der Waals surface area contributed by atoms with Crippen LogP contribution >= 0.6 is 0 Å². The molecule has 0 saturated carbocycles. The maximum absolute atomic E-state index is 6.07. The number of ether oxygens (including phenoxy) is 2. The third-order valence-corrected chi connectivity index (χ3v) is 4.77. The lowest BCUT2D eigenvalue weighted by Gasteiger charge is -2.26. The average Bonchev–Trinajstić information content (AvgIpc) is 3.10. The molecular formula is C21H24N2O2. The second kappa shape index (κ2) is 7.72. The third-order valence-electron chi connectivity index (χ3n) is 4.77. The summed E-state index contributed by atoms with van der Waals surface area (Å²) in [6.45, 7) is 6.41. The second-order valence-electron chi connectivity index (χ2n) is 6.43. The predicted molar refractivity (Wildman–Crippen MR) is 100.0 cm³/mol. The van der Waals surface area contributed by atoms with Crippen LogP contribution in [0.25, 0.3) is 10.9 Å². The smallest absolute Gasteiger partial charge is 0.129 e. The Morgan fingerprint density at radius 1 is 0.880 bits per heavy atom. The lowest BCUT2D eigenvalue weighted by atomic mass is 10.2. The molecule has 0 atom stereocenters. The summed E-state index contributed by atoms with van der Waals surface area (Å²) in [5, 5.41) is 1.18. The quantitative estimate of drug-likeness (QED) is 0.689. The van der Waals surface area contributed by atoms with Crippen molar-refractivity contribution in [1.82, 2.24) is 9.47 Å². The molecule has 0 spiro atoms. The Labute approximate surface area is 148 Å². The molecule has 0 amide bonds. The summed E-state index contributed by atoms with van der Waals surface area (Å²) >= 11 is 0. The normalized spacial score (nSPS) is 15.5. The highest BCUT2D eigenvalue weighted by molar-refractivity contribution is 5.86. The number of fused-ring (bicyclic) bond motifs is 1. The highest BCUT2D eigenvalue weighted by Crippen LogP contribution is 2.27. The van der Waals surface area contributed by atoms with E-state index in [1.807, 2.05) is 18.2 Å². The van der Waals surface area contributed by atoms with E-state index in [2.05, 4.69) is 52.1 Å². The van der Waals surface area contributed by atoms with E-state index in [0.29, 0.717) is 6.61 Å². The van der Waals surface area contributed by atoms with Crippen LogP contribution in [-0.4, -0.2) is 42.3 Å². The first-order chi connectivity index (χ1) is 12.4. The fourth-order valence-electron chi connectivity index (χ4n) is 3.33. The summed E-state index contributed by atoms with van der Waals surface area (Å²) < 4.78 is 13.8. The first kappa shape index (κ1) is 16.2. The molecule has 2 heterocycles. The van der Waals surface area contributed by atoms with Crippen molar-refractivity contribution >= 4 is 10.9 Å². The third kappa shape index (κ3) is 3.86. The van der Waals surface area contributed by atoms with Gasteiger partial charge in [-0.1, -0.05) is 36.4 Å². The van der Waals surface area contributed by atoms with Gasteiger partial charge in [0.25, 0.3) is 0 Å². The van der Waals surface area contributed by atoms with E-state index in [1.165, 1.54) is 16.5 Å². The average molecular weight is 336 g/mol. The highest BCUT2D eigenvalue weighted by atomic mass is 16.5. The van der Waals surface area contributed by atoms with Gasteiger partial charge in [-0.05, 0) is 23.8 Å². The molecule has 1 saturated heterocycles. The molecule has 4 nitrogen and oxygen atoms in total. The van der Waals surface area contributed by atoms with Crippen molar-refractivity contribution in [1.29, 1.82) is 0 Å². The van der Waals surface area contributed by atoms with E-state index in [-0.39, 0.29) is 0 Å². The molecule has 0 bridgehead atoms. The number of benzene rings is 2. The minimum absolute atomic E-state index is 0.596. The van der Waals surface area contributed by atoms with Gasteiger partial charge in [-0.3, -0.25) is 4.90 Å². The summed E-state index contributed by atoms with van der Waals surface area (Å²) in [6, 6.07) is 18.8. The molecule has 0 radical (unpaired) electrons. The summed E-state index contributed by atoms with van der Waals surface area (Å²) in [5.41, 5.74) is 2.42. The van der Waals surface area contributed by atoms with Gasteiger partial charge in [0, 0.05) is 37.8 Å². The molecule has 0 unspecified atom stereocenters. The van der Waals surface area contributed by atoms with Crippen molar-refractivity contribution < 1.29 is 9.47 Å². The van der Waals surface area contributed by atoms with Crippen molar-refractivity contribution in [2.24, 2.45) is 0 Å². The Balaban J connectivity index is 1.45. The summed E-state index contributed by atoms with van der Waals surface area (Å²) in [7, 11) is 0. The van der Waals surface area contributed by atoms with Crippen molar-refractivity contribution in [3.8, 4) is 5.75 Å². The van der Waals surface area contributed by atoms with Crippen LogP contribution in [0, 0.1) is 0 Å². The number of morpholine rings is 1. The molecule has 3 aromatic rings. The van der Waals surface area contributed by atoms with Gasteiger partial charge in [0.2, 0.25) is 0 Å². The van der Waals surface area contributed by atoms with Crippen LogP contribution in [-0.2, 0) is 17.9 Å². The molecule has 0 aliphatic carbocycles. The number of rotatable bonds is 6. The maximum atomic E-state index is 6.07. The van der Waals surface area contributed by atoms with Crippen molar-refractivity contribution in [3.05, 3.63) is 66.4 Å². The Kier molecular flexibility index (Phi) is 5.00. The Morgan fingerprint density at radius 2 is 1.72 bits per heavy atom. The van der Waals surface area contributed by atoms with Crippen LogP contribution in [0.15, 0.2) is 60.8 Å². The zero-order valence-electron chi connectivity index (χ0n) is 14.4. The van der Waals surface area contributed by atoms with Crippen LogP contribution in [0.5, 0.6) is 5.75 Å². The molecule has 4 heteroatoms. The first-order valence-electron chi connectivity index (χ1n) is 8.95. The number of hydrogen-bond acceptors (Lipinski definition) is 3. The summed E-state index contributed by atoms with van der Waals surface area (Å²) in [6.07, 6.45) is 2.17. The second-order valence-corrected chi connectivity index (χ2v) is 6.43. The van der Waals surface area contributed by atoms with E-state index >= 15 is 0 Å². The van der Waals surface area contributed by atoms with Gasteiger partial charge in [0.15, 0.2) is 0 Å². The molecule has 1 fully saturated rings. The standard InChI is InChI=1S/C21H24N2O2/c1-2-5-18(6-3-1)17-25-21-8-4-7-20-19(21)9-10-23(20)12-11-22-13-15-24-16-14-22/h1-10H,11-17H2. The predicted octanol–water partition coefficient (Wildman–Crippen LogP) is 3.55. The van der Waals surface area contributed by atoms with Gasteiger partial charge in [-0.2, -0.15) is 0 Å². The van der Waals surface area contributed by atoms with Gasteiger partial charge in [-0.25, -0.2) is 0 Å². The van der Waals surface area contributed by atoms with Crippen molar-refractivity contribution in [2.75, 3.05) is 32.8 Å². The number of hydrogen-bond donors (Lipinski definition) is 0. The van der Waals surface area contributed by atoms with Crippen LogP contribution < -0.4 is 4.74 Å². The van der Waals surface area contributed by atoms with Crippen LogP contribution in [0.1, 0.15) is 5.56 Å². The Hall–Kier alpha value is -2.30. The molecule has 1 aromatic heterocycles. The Bertz CT molecular complexity index is 807. The summed E-state index contributed by atoms with van der Waals surface area (Å²) in [4.78, 5) is 2.46. The van der Waals surface area contributed by atoms with Crippen LogP contribution in [0.3, 0.4) is 0 Å². The zero-order chi connectivity index (χ0) is 16.9. The van der Waals surface area contributed by atoms with Crippen molar-refractivity contribution in [3.63, 3.8) is 0 Å². The van der Waals surface area contributed by atoms with Crippen molar-refractivity contribution in [2.45, 2.75) is 13.2 Å². The van der Waals surface area contributed by atoms with E-state index in [4.69, 9.17) is 9.47 Å². The van der Waals surface area contributed by atoms with Gasteiger partial charge < -0.3 is 14.0 Å². The van der Waals surface area contributed by atoms with Gasteiger partial charge in [0.05, 0.1) is 18.7 Å². The van der Waals surface area contributed by atoms with E-state index in [0.717, 1.165) is 45.1 Å². The molecule has 0 N–H and O–H groups in total. The lowest BCUT2D eigenvalue weighted by molar-refractivity contribution is 0.0365. The van der Waals surface area contributed by atoms with E-state index in [1.54, 1.807) is 0 Å². The lowest BCUT2D eigenvalue weighted by Crippen LogP contribution is -2.38. The first-order valence-corrected chi connectivity index (χ1v) is 8.95. The van der Waals surface area contributed by atoms with Gasteiger partial charge in [0.1, 0.15) is 12.4 Å². The molecular weight excluding hydrogens is 312 g/mol. The molecule has 2 aromatic carbocycles. The van der Waals surface area contributed by atoms with Gasteiger partial charge in [-0.15, -0.1) is 0 Å². The molecule has 1 aliphatic heterocycles. The molecule has 1 aliphatic rings. The monoisotopic (exact) mass is 336 g/mol. The SMILES string of the molecule is c1ccc(COc2cccc3c2ccn3CCN2CCOCC2)cc1. The molecule has 130 valence electrons. The largest absolute Gasteiger partial charge is 0.488 e. The van der Waals surface area contributed by atoms with E-state index < -0.39 is 0 Å². The fraction of sp³-hybridized carbons (Fsp3) is 0.333. The number of aromatic nitrogens is 1. The highest BCUT2D eigenvalue weighted by Gasteiger charge is 2.11. The number of nitrogens with zero attached hydrogens (tertiary/aromatic N) is 2. The zero-order valence-corrected chi connectivity index (χ0v) is 14.4. The Morgan fingerprint density at radius 3 is 2.56 bits per heavy atom. The van der Waals surface area contributed by atoms with Crippen LogP contribution in [0.4, 0.5) is 0 Å². The maximum Gasteiger partial charge on any atom is 0.129 e. The van der Waals surface area contributed by atoms with Crippen LogP contribution in [0.2, 0.25) is 0 Å². The minimum Gasteiger partial charge on any atom is -0.488 e. The fourth-order valence-corrected chi connectivity index (χ4v) is 3.33. The summed E-state index contributed by atoms with van der Waals surface area (Å²) in [5.74, 6) is 0.950. The van der Waals surface area contributed by atoms with E-state index in [9.17, 15) is 0 Å². The molecule has 4 rings (SSSR count). The molecule has 25 heavy (non-hydrogen) atoms. The minimum atomic E-state index is 0.596.